The van der Waals surface area contributed by atoms with Crippen LogP contribution in [0.4, 0.5) is 5.69 Å². The Morgan fingerprint density at radius 2 is 2.13 bits per heavy atom. The van der Waals surface area contributed by atoms with Crippen molar-refractivity contribution >= 4 is 17.3 Å². The average molecular weight is 224 g/mol. The van der Waals surface area contributed by atoms with E-state index in [0.717, 1.165) is 0 Å². The predicted molar refractivity (Wildman–Crippen MR) is 60.0 cm³/mol. The molecule has 0 aromatic heterocycles. The molecule has 0 aliphatic carbocycles. The first-order chi connectivity index (χ1) is 6.88. The van der Waals surface area contributed by atoms with Crippen molar-refractivity contribution in [3.8, 4) is 12.3 Å². The fourth-order valence-electron chi connectivity index (χ4n) is 1.12. The summed E-state index contributed by atoms with van der Waals surface area (Å²) in [5.74, 6) is 2.58. The van der Waals surface area contributed by atoms with Crippen LogP contribution in [0, 0.1) is 22.5 Å². The van der Waals surface area contributed by atoms with E-state index in [-0.39, 0.29) is 10.7 Å². The number of terminal acetylenes is 1. The van der Waals surface area contributed by atoms with Crippen LogP contribution in [0.25, 0.3) is 0 Å². The maximum Gasteiger partial charge on any atom is 0.288 e. The van der Waals surface area contributed by atoms with Crippen LogP contribution in [-0.2, 0) is 5.41 Å². The molecule has 0 saturated carbocycles. The van der Waals surface area contributed by atoms with Crippen molar-refractivity contribution < 1.29 is 4.92 Å². The van der Waals surface area contributed by atoms with Gasteiger partial charge < -0.3 is 0 Å². The van der Waals surface area contributed by atoms with Gasteiger partial charge in [-0.2, -0.15) is 0 Å². The molecule has 15 heavy (non-hydrogen) atoms. The van der Waals surface area contributed by atoms with E-state index >= 15 is 0 Å². The topological polar surface area (TPSA) is 43.1 Å². The van der Waals surface area contributed by atoms with Crippen molar-refractivity contribution in [1.82, 2.24) is 0 Å². The van der Waals surface area contributed by atoms with Crippen LogP contribution < -0.4 is 0 Å². The van der Waals surface area contributed by atoms with Gasteiger partial charge in [-0.15, -0.1) is 6.42 Å². The summed E-state index contributed by atoms with van der Waals surface area (Å²) >= 11 is 5.69. The second-order valence-corrected chi connectivity index (χ2v) is 4.10. The first-order valence-electron chi connectivity index (χ1n) is 4.30. The van der Waals surface area contributed by atoms with Gasteiger partial charge in [-0.05, 0) is 25.5 Å². The molecule has 0 bridgehead atoms. The number of nitro groups is 1. The number of benzene rings is 1. The van der Waals surface area contributed by atoms with E-state index in [0.29, 0.717) is 5.56 Å². The van der Waals surface area contributed by atoms with Crippen molar-refractivity contribution in [1.29, 1.82) is 0 Å². The number of halogens is 1. The first kappa shape index (κ1) is 11.5. The monoisotopic (exact) mass is 223 g/mol. The normalized spacial score (nSPS) is 10.8. The second-order valence-electron chi connectivity index (χ2n) is 3.69. The van der Waals surface area contributed by atoms with E-state index in [1.807, 2.05) is 13.8 Å². The lowest BCUT2D eigenvalue weighted by Crippen LogP contribution is -2.13. The molecular weight excluding hydrogens is 214 g/mol. The van der Waals surface area contributed by atoms with Gasteiger partial charge in [-0.25, -0.2) is 0 Å². The molecular formula is C11H10ClNO2. The summed E-state index contributed by atoms with van der Waals surface area (Å²) < 4.78 is 0. The fourth-order valence-corrected chi connectivity index (χ4v) is 1.31. The zero-order valence-electron chi connectivity index (χ0n) is 8.45. The van der Waals surface area contributed by atoms with Crippen LogP contribution in [0.1, 0.15) is 19.4 Å². The Labute approximate surface area is 93.2 Å². The Hall–Kier alpha value is -1.53. The van der Waals surface area contributed by atoms with E-state index < -0.39 is 10.3 Å². The molecule has 0 amide bonds. The second kappa shape index (κ2) is 3.92. The predicted octanol–water partition coefficient (Wildman–Crippen LogP) is 3.16. The van der Waals surface area contributed by atoms with Crippen LogP contribution in [0.5, 0.6) is 0 Å². The maximum absolute atomic E-state index is 10.7. The Balaban J connectivity index is 3.33. The highest BCUT2D eigenvalue weighted by Crippen LogP contribution is 2.30. The summed E-state index contributed by atoms with van der Waals surface area (Å²) in [6, 6.07) is 4.62. The largest absolute Gasteiger partial charge is 0.288 e. The Bertz CT molecular complexity index is 446. The molecule has 0 atom stereocenters. The molecule has 0 radical (unpaired) electrons. The van der Waals surface area contributed by atoms with Gasteiger partial charge in [0.15, 0.2) is 0 Å². The third-order valence-corrected chi connectivity index (χ3v) is 2.54. The van der Waals surface area contributed by atoms with Gasteiger partial charge >= 0.3 is 0 Å². The molecule has 1 rings (SSSR count). The van der Waals surface area contributed by atoms with Gasteiger partial charge in [0.2, 0.25) is 0 Å². The molecule has 0 aliphatic heterocycles. The van der Waals surface area contributed by atoms with Gasteiger partial charge in [0, 0.05) is 6.07 Å². The van der Waals surface area contributed by atoms with E-state index in [1.54, 1.807) is 6.07 Å². The number of nitrogens with zero attached hydrogens (tertiary/aromatic N) is 1. The van der Waals surface area contributed by atoms with Crippen LogP contribution >= 0.6 is 11.6 Å². The standard InChI is InChI=1S/C11H10ClNO2/c1-4-11(2,3)8-5-6-9(12)10(7-8)13(14)15/h1,5-7H,2-3H3. The van der Waals surface area contributed by atoms with Gasteiger partial charge in [0.05, 0.1) is 10.3 Å². The van der Waals surface area contributed by atoms with E-state index in [9.17, 15) is 10.1 Å². The highest BCUT2D eigenvalue weighted by Gasteiger charge is 2.21. The van der Waals surface area contributed by atoms with Gasteiger partial charge in [0.25, 0.3) is 5.69 Å². The average Bonchev–Trinajstić information content (AvgIpc) is 2.17. The highest BCUT2D eigenvalue weighted by atomic mass is 35.5. The first-order valence-corrected chi connectivity index (χ1v) is 4.68. The molecule has 0 fully saturated rings. The Morgan fingerprint density at radius 3 is 2.60 bits per heavy atom. The summed E-state index contributed by atoms with van der Waals surface area (Å²) in [5, 5.41) is 10.8. The third kappa shape index (κ3) is 2.28. The summed E-state index contributed by atoms with van der Waals surface area (Å²) in [6.45, 7) is 3.64. The minimum atomic E-state index is -0.532. The van der Waals surface area contributed by atoms with Crippen LogP contribution in [0.2, 0.25) is 5.02 Å². The number of rotatable bonds is 2. The summed E-state index contributed by atoms with van der Waals surface area (Å²) in [4.78, 5) is 10.1. The van der Waals surface area contributed by atoms with E-state index in [4.69, 9.17) is 18.0 Å². The van der Waals surface area contributed by atoms with Gasteiger partial charge in [0.1, 0.15) is 5.02 Å². The van der Waals surface area contributed by atoms with Crippen molar-refractivity contribution in [2.24, 2.45) is 0 Å². The van der Waals surface area contributed by atoms with Crippen molar-refractivity contribution in [3.63, 3.8) is 0 Å². The van der Waals surface area contributed by atoms with Crippen molar-refractivity contribution in [2.45, 2.75) is 19.3 Å². The summed E-state index contributed by atoms with van der Waals surface area (Å²) in [5.41, 5.74) is 0.0635. The van der Waals surface area contributed by atoms with E-state index in [1.165, 1.54) is 12.1 Å². The minimum absolute atomic E-state index is 0.113. The Kier molecular flexibility index (Phi) is 3.01. The molecule has 4 heteroatoms. The van der Waals surface area contributed by atoms with Crippen LogP contribution in [-0.4, -0.2) is 4.92 Å². The third-order valence-electron chi connectivity index (χ3n) is 2.23. The smallest absolute Gasteiger partial charge is 0.258 e. The van der Waals surface area contributed by atoms with Crippen LogP contribution in [0.15, 0.2) is 18.2 Å². The van der Waals surface area contributed by atoms with Crippen molar-refractivity contribution in [3.05, 3.63) is 38.9 Å². The number of hydrogen-bond donors (Lipinski definition) is 0. The number of nitro benzene ring substituents is 1. The Morgan fingerprint density at radius 1 is 1.53 bits per heavy atom. The molecule has 0 spiro atoms. The molecule has 0 heterocycles. The lowest BCUT2D eigenvalue weighted by molar-refractivity contribution is -0.384. The van der Waals surface area contributed by atoms with Crippen LogP contribution in [0.3, 0.4) is 0 Å². The summed E-state index contributed by atoms with van der Waals surface area (Å²) in [7, 11) is 0. The zero-order chi connectivity index (χ0) is 11.6. The number of hydrogen-bond acceptors (Lipinski definition) is 2. The molecule has 0 N–H and O–H groups in total. The molecule has 0 unspecified atom stereocenters. The van der Waals surface area contributed by atoms with Crippen molar-refractivity contribution in [2.75, 3.05) is 0 Å². The lowest BCUT2D eigenvalue weighted by Gasteiger charge is -2.17. The van der Waals surface area contributed by atoms with E-state index in [2.05, 4.69) is 5.92 Å². The highest BCUT2D eigenvalue weighted by molar-refractivity contribution is 6.32. The molecule has 1 aromatic carbocycles. The summed E-state index contributed by atoms with van der Waals surface area (Å²) in [6.07, 6.45) is 5.35. The van der Waals surface area contributed by atoms with Gasteiger partial charge in [-0.3, -0.25) is 10.1 Å². The molecule has 0 saturated heterocycles. The minimum Gasteiger partial charge on any atom is -0.258 e. The SMILES string of the molecule is C#CC(C)(C)c1ccc(Cl)c([N+](=O)[O-])c1. The zero-order valence-corrected chi connectivity index (χ0v) is 9.21. The molecule has 78 valence electrons. The maximum atomic E-state index is 10.7. The van der Waals surface area contributed by atoms with Gasteiger partial charge in [-0.1, -0.05) is 23.6 Å². The molecule has 0 aliphatic rings. The fraction of sp³-hybridized carbons (Fsp3) is 0.273. The molecule has 1 aromatic rings. The quantitative estimate of drug-likeness (QED) is 0.439. The lowest BCUT2D eigenvalue weighted by atomic mass is 9.85. The molecule has 3 nitrogen and oxygen atoms in total.